The maximum absolute atomic E-state index is 11.7. The van der Waals surface area contributed by atoms with Crippen molar-refractivity contribution >= 4 is 17.7 Å². The summed E-state index contributed by atoms with van der Waals surface area (Å²) in [5.41, 5.74) is 1.93. The number of carbonyl (C=O) groups excluding carboxylic acids is 1. The summed E-state index contributed by atoms with van der Waals surface area (Å²) in [6.45, 7) is 6.27. The average Bonchev–Trinajstić information content (AvgIpc) is 2.47. The summed E-state index contributed by atoms with van der Waals surface area (Å²) < 4.78 is 4.97. The van der Waals surface area contributed by atoms with E-state index in [4.69, 9.17) is 4.74 Å². The van der Waals surface area contributed by atoms with Crippen molar-refractivity contribution in [2.75, 3.05) is 37.7 Å². The Morgan fingerprint density at radius 2 is 1.90 bits per heavy atom. The van der Waals surface area contributed by atoms with Crippen molar-refractivity contribution in [3.05, 3.63) is 29.3 Å². The van der Waals surface area contributed by atoms with Gasteiger partial charge in [-0.1, -0.05) is 11.6 Å². The molecule has 0 bridgehead atoms. The van der Waals surface area contributed by atoms with Gasteiger partial charge in [-0.15, -0.1) is 0 Å². The van der Waals surface area contributed by atoms with Gasteiger partial charge in [0.15, 0.2) is 0 Å². The van der Waals surface area contributed by atoms with Gasteiger partial charge in [0.1, 0.15) is 0 Å². The molecule has 1 N–H and O–H groups in total. The SMILES string of the molecule is CCOC(=O)N1CCN(c2ccc(C)cc2C(=O)O)CC1. The third kappa shape index (κ3) is 3.45. The molecule has 1 aromatic rings. The average molecular weight is 292 g/mol. The molecule has 114 valence electrons. The lowest BCUT2D eigenvalue weighted by atomic mass is 10.1. The first kappa shape index (κ1) is 15.2. The minimum absolute atomic E-state index is 0.305. The zero-order chi connectivity index (χ0) is 15.4. The number of piperazine rings is 1. The quantitative estimate of drug-likeness (QED) is 0.922. The van der Waals surface area contributed by atoms with Gasteiger partial charge in [0, 0.05) is 26.2 Å². The Labute approximate surface area is 123 Å². The van der Waals surface area contributed by atoms with Gasteiger partial charge in [0.05, 0.1) is 17.9 Å². The van der Waals surface area contributed by atoms with Crippen LogP contribution in [0.5, 0.6) is 0 Å². The van der Waals surface area contributed by atoms with Crippen LogP contribution >= 0.6 is 0 Å². The predicted molar refractivity (Wildman–Crippen MR) is 78.9 cm³/mol. The minimum atomic E-state index is -0.929. The highest BCUT2D eigenvalue weighted by Crippen LogP contribution is 2.23. The lowest BCUT2D eigenvalue weighted by Crippen LogP contribution is -2.49. The van der Waals surface area contributed by atoms with Gasteiger partial charge >= 0.3 is 12.1 Å². The van der Waals surface area contributed by atoms with Crippen LogP contribution in [-0.4, -0.2) is 54.9 Å². The van der Waals surface area contributed by atoms with E-state index in [-0.39, 0.29) is 6.09 Å². The Hall–Kier alpha value is -2.24. The summed E-state index contributed by atoms with van der Waals surface area (Å²) >= 11 is 0. The van der Waals surface area contributed by atoms with Crippen LogP contribution in [-0.2, 0) is 4.74 Å². The van der Waals surface area contributed by atoms with E-state index < -0.39 is 5.97 Å². The maximum atomic E-state index is 11.7. The number of carboxylic acid groups (broad SMARTS) is 1. The van der Waals surface area contributed by atoms with Crippen LogP contribution < -0.4 is 4.90 Å². The first-order valence-corrected chi connectivity index (χ1v) is 7.03. The molecular weight excluding hydrogens is 272 g/mol. The molecule has 0 saturated carbocycles. The van der Waals surface area contributed by atoms with Gasteiger partial charge < -0.3 is 19.6 Å². The standard InChI is InChI=1S/C15H20N2O4/c1-3-21-15(20)17-8-6-16(7-9-17)13-5-4-11(2)10-12(13)14(18)19/h4-5,10H,3,6-9H2,1-2H3,(H,18,19). The molecule has 2 rings (SSSR count). The second-order valence-corrected chi connectivity index (χ2v) is 5.00. The van der Waals surface area contributed by atoms with E-state index in [0.29, 0.717) is 44.0 Å². The number of aromatic carboxylic acids is 1. The van der Waals surface area contributed by atoms with E-state index in [2.05, 4.69) is 0 Å². The summed E-state index contributed by atoms with van der Waals surface area (Å²) in [4.78, 5) is 26.7. The maximum Gasteiger partial charge on any atom is 0.409 e. The number of amides is 1. The van der Waals surface area contributed by atoms with E-state index in [1.54, 1.807) is 17.9 Å². The van der Waals surface area contributed by atoms with Gasteiger partial charge in [-0.2, -0.15) is 0 Å². The fourth-order valence-corrected chi connectivity index (χ4v) is 2.44. The van der Waals surface area contributed by atoms with E-state index in [0.717, 1.165) is 5.56 Å². The fraction of sp³-hybridized carbons (Fsp3) is 0.467. The number of hydrogen-bond acceptors (Lipinski definition) is 4. The number of carbonyl (C=O) groups is 2. The van der Waals surface area contributed by atoms with Gasteiger partial charge in [0.25, 0.3) is 0 Å². The van der Waals surface area contributed by atoms with E-state index in [9.17, 15) is 14.7 Å². The Balaban J connectivity index is 2.09. The third-order valence-electron chi connectivity index (χ3n) is 3.53. The largest absolute Gasteiger partial charge is 0.478 e. The van der Waals surface area contributed by atoms with Crippen molar-refractivity contribution in [3.63, 3.8) is 0 Å². The summed E-state index contributed by atoms with van der Waals surface area (Å²) in [6.07, 6.45) is -0.306. The summed E-state index contributed by atoms with van der Waals surface area (Å²) in [5.74, 6) is -0.929. The van der Waals surface area contributed by atoms with Gasteiger partial charge in [0.2, 0.25) is 0 Å². The molecule has 6 heteroatoms. The van der Waals surface area contributed by atoms with Crippen molar-refractivity contribution in [2.45, 2.75) is 13.8 Å². The number of ether oxygens (including phenoxy) is 1. The Morgan fingerprint density at radius 3 is 2.48 bits per heavy atom. The summed E-state index contributed by atoms with van der Waals surface area (Å²) in [5, 5.41) is 9.32. The second-order valence-electron chi connectivity index (χ2n) is 5.00. The molecule has 1 heterocycles. The van der Waals surface area contributed by atoms with Crippen molar-refractivity contribution in [3.8, 4) is 0 Å². The topological polar surface area (TPSA) is 70.1 Å². The normalized spacial score (nSPS) is 15.0. The number of rotatable bonds is 3. The van der Waals surface area contributed by atoms with Crippen LogP contribution in [0.15, 0.2) is 18.2 Å². The van der Waals surface area contributed by atoms with Crippen LogP contribution in [0.1, 0.15) is 22.8 Å². The Kier molecular flexibility index (Phi) is 4.67. The molecule has 0 radical (unpaired) electrons. The first-order valence-electron chi connectivity index (χ1n) is 7.03. The van der Waals surface area contributed by atoms with Crippen molar-refractivity contribution in [2.24, 2.45) is 0 Å². The Bertz CT molecular complexity index is 536. The number of benzene rings is 1. The molecule has 1 fully saturated rings. The van der Waals surface area contributed by atoms with Crippen LogP contribution in [0.2, 0.25) is 0 Å². The smallest absolute Gasteiger partial charge is 0.409 e. The number of anilines is 1. The number of carboxylic acids is 1. The molecule has 0 aromatic heterocycles. The van der Waals surface area contributed by atoms with Crippen molar-refractivity contribution in [1.82, 2.24) is 4.90 Å². The van der Waals surface area contributed by atoms with Crippen LogP contribution in [0.3, 0.4) is 0 Å². The van der Waals surface area contributed by atoms with E-state index in [1.807, 2.05) is 24.0 Å². The first-order chi connectivity index (χ1) is 10.0. The molecule has 1 aromatic carbocycles. The lowest BCUT2D eigenvalue weighted by molar-refractivity contribution is 0.0696. The van der Waals surface area contributed by atoms with Gasteiger partial charge in [-0.25, -0.2) is 9.59 Å². The molecular formula is C15H20N2O4. The minimum Gasteiger partial charge on any atom is -0.478 e. The molecule has 6 nitrogen and oxygen atoms in total. The molecule has 1 aliphatic rings. The molecule has 1 aliphatic heterocycles. The van der Waals surface area contributed by atoms with Crippen LogP contribution in [0, 0.1) is 6.92 Å². The second kappa shape index (κ2) is 6.47. The lowest BCUT2D eigenvalue weighted by Gasteiger charge is -2.36. The van der Waals surface area contributed by atoms with Crippen LogP contribution in [0.25, 0.3) is 0 Å². The van der Waals surface area contributed by atoms with Gasteiger partial charge in [-0.05, 0) is 26.0 Å². The molecule has 0 aliphatic carbocycles. The highest BCUT2D eigenvalue weighted by atomic mass is 16.6. The predicted octanol–water partition coefficient (Wildman–Crippen LogP) is 1.97. The zero-order valence-electron chi connectivity index (χ0n) is 12.3. The van der Waals surface area contributed by atoms with Crippen molar-refractivity contribution in [1.29, 1.82) is 0 Å². The summed E-state index contributed by atoms with van der Waals surface area (Å²) in [6, 6.07) is 5.41. The molecule has 0 spiro atoms. The number of nitrogens with zero attached hydrogens (tertiary/aromatic N) is 2. The Morgan fingerprint density at radius 1 is 1.24 bits per heavy atom. The molecule has 1 amide bonds. The number of aryl methyl sites for hydroxylation is 1. The van der Waals surface area contributed by atoms with Gasteiger partial charge in [-0.3, -0.25) is 0 Å². The molecule has 21 heavy (non-hydrogen) atoms. The third-order valence-corrected chi connectivity index (χ3v) is 3.53. The van der Waals surface area contributed by atoms with E-state index in [1.165, 1.54) is 0 Å². The highest BCUT2D eigenvalue weighted by molar-refractivity contribution is 5.94. The molecule has 0 unspecified atom stereocenters. The molecule has 1 saturated heterocycles. The fourth-order valence-electron chi connectivity index (χ4n) is 2.44. The monoisotopic (exact) mass is 292 g/mol. The van der Waals surface area contributed by atoms with Crippen LogP contribution in [0.4, 0.5) is 10.5 Å². The zero-order valence-corrected chi connectivity index (χ0v) is 12.3. The van der Waals surface area contributed by atoms with Crippen molar-refractivity contribution < 1.29 is 19.4 Å². The van der Waals surface area contributed by atoms with E-state index >= 15 is 0 Å². The highest BCUT2D eigenvalue weighted by Gasteiger charge is 2.24. The number of hydrogen-bond donors (Lipinski definition) is 1. The summed E-state index contributed by atoms with van der Waals surface area (Å²) in [7, 11) is 0. The molecule has 0 atom stereocenters.